The van der Waals surface area contributed by atoms with Crippen LogP contribution in [0.5, 0.6) is 0 Å². The van der Waals surface area contributed by atoms with Crippen LogP contribution in [-0.2, 0) is 28.6 Å². The molecule has 0 aromatic carbocycles. The van der Waals surface area contributed by atoms with E-state index in [1.54, 1.807) is 0 Å². The van der Waals surface area contributed by atoms with Crippen LogP contribution in [-0.4, -0.2) is 37.2 Å². The van der Waals surface area contributed by atoms with Gasteiger partial charge in [-0.05, 0) is 25.2 Å². The topological polar surface area (TPSA) is 78.9 Å². The quantitative estimate of drug-likeness (QED) is 0.0348. The van der Waals surface area contributed by atoms with E-state index in [0.717, 1.165) is 63.7 Å². The van der Waals surface area contributed by atoms with E-state index < -0.39 is 6.10 Å². The predicted octanol–water partition coefficient (Wildman–Crippen LogP) is 15.5. The molecule has 0 aliphatic rings. The minimum absolute atomic E-state index is 0.0638. The van der Waals surface area contributed by atoms with E-state index in [9.17, 15) is 14.4 Å². The third-order valence-electron chi connectivity index (χ3n) is 11.4. The lowest BCUT2D eigenvalue weighted by molar-refractivity contribution is -0.167. The molecule has 0 aliphatic carbocycles. The zero-order valence-corrected chi connectivity index (χ0v) is 37.4. The second-order valence-corrected chi connectivity index (χ2v) is 17.0. The van der Waals surface area contributed by atoms with Gasteiger partial charge < -0.3 is 14.2 Å². The zero-order chi connectivity index (χ0) is 40.3. The van der Waals surface area contributed by atoms with E-state index in [-0.39, 0.29) is 31.1 Å². The maximum absolute atomic E-state index is 12.7. The Kier molecular flexibility index (Phi) is 42.3. The van der Waals surface area contributed by atoms with E-state index >= 15 is 0 Å². The molecule has 6 nitrogen and oxygen atoms in total. The molecule has 0 radical (unpaired) electrons. The van der Waals surface area contributed by atoms with Gasteiger partial charge in [0.1, 0.15) is 13.2 Å². The summed E-state index contributed by atoms with van der Waals surface area (Å²) < 4.78 is 16.7. The number of carbonyl (C=O) groups excluding carboxylic acids is 3. The van der Waals surface area contributed by atoms with E-state index in [4.69, 9.17) is 14.2 Å². The number of hydrogen-bond donors (Lipinski definition) is 0. The van der Waals surface area contributed by atoms with Crippen LogP contribution in [0.4, 0.5) is 0 Å². The highest BCUT2D eigenvalue weighted by molar-refractivity contribution is 5.71. The smallest absolute Gasteiger partial charge is 0.306 e. The van der Waals surface area contributed by atoms with Gasteiger partial charge in [-0.2, -0.15) is 0 Å². The van der Waals surface area contributed by atoms with Gasteiger partial charge in [-0.15, -0.1) is 0 Å². The molecule has 6 heteroatoms. The molecule has 2 atom stereocenters. The first-order valence-electron chi connectivity index (χ1n) is 24.4. The minimum atomic E-state index is -0.760. The molecule has 0 N–H and O–H groups in total. The summed E-state index contributed by atoms with van der Waals surface area (Å²) in [5, 5.41) is 0. The van der Waals surface area contributed by atoms with Crippen LogP contribution in [0.3, 0.4) is 0 Å². The van der Waals surface area contributed by atoms with Crippen LogP contribution in [0.1, 0.15) is 272 Å². The van der Waals surface area contributed by atoms with Gasteiger partial charge in [0.05, 0.1) is 0 Å². The van der Waals surface area contributed by atoms with Crippen LogP contribution in [0.2, 0.25) is 0 Å². The van der Waals surface area contributed by atoms with Gasteiger partial charge in [-0.25, -0.2) is 0 Å². The molecule has 0 amide bonds. The summed E-state index contributed by atoms with van der Waals surface area (Å²) in [7, 11) is 0. The van der Waals surface area contributed by atoms with E-state index in [1.165, 1.54) is 167 Å². The van der Waals surface area contributed by atoms with Gasteiger partial charge in [0, 0.05) is 19.3 Å². The van der Waals surface area contributed by atoms with Crippen molar-refractivity contribution in [1.82, 2.24) is 0 Å². The molecule has 0 rings (SSSR count). The fourth-order valence-electron chi connectivity index (χ4n) is 7.30. The van der Waals surface area contributed by atoms with Crippen molar-refractivity contribution in [3.8, 4) is 0 Å². The minimum Gasteiger partial charge on any atom is -0.462 e. The fourth-order valence-corrected chi connectivity index (χ4v) is 7.30. The molecule has 0 bridgehead atoms. The van der Waals surface area contributed by atoms with Crippen molar-refractivity contribution in [2.75, 3.05) is 13.2 Å². The second kappa shape index (κ2) is 43.5. The summed E-state index contributed by atoms with van der Waals surface area (Å²) in [6, 6.07) is 0. The largest absolute Gasteiger partial charge is 0.462 e. The summed E-state index contributed by atoms with van der Waals surface area (Å²) in [6.45, 7) is 8.98. The van der Waals surface area contributed by atoms with Crippen LogP contribution in [0, 0.1) is 5.92 Å². The lowest BCUT2D eigenvalue weighted by Gasteiger charge is -2.18. The number of unbranched alkanes of at least 4 members (excludes halogenated alkanes) is 30. The van der Waals surface area contributed by atoms with E-state index in [0.29, 0.717) is 19.3 Å². The molecule has 326 valence electrons. The van der Waals surface area contributed by atoms with E-state index in [1.807, 2.05) is 0 Å². The summed E-state index contributed by atoms with van der Waals surface area (Å²) >= 11 is 0. The maximum Gasteiger partial charge on any atom is 0.306 e. The van der Waals surface area contributed by atoms with Crippen LogP contribution in [0.15, 0.2) is 0 Å². The third kappa shape index (κ3) is 41.9. The molecular formula is C49H94O6. The number of rotatable bonds is 44. The first kappa shape index (κ1) is 53.4. The fraction of sp³-hybridized carbons (Fsp3) is 0.939. The second-order valence-electron chi connectivity index (χ2n) is 17.0. The Labute approximate surface area is 342 Å². The van der Waals surface area contributed by atoms with Crippen molar-refractivity contribution in [2.45, 2.75) is 278 Å². The van der Waals surface area contributed by atoms with Gasteiger partial charge in [-0.3, -0.25) is 14.4 Å². The van der Waals surface area contributed by atoms with Gasteiger partial charge in [0.25, 0.3) is 0 Å². The Morgan fingerprint density at radius 3 is 0.945 bits per heavy atom. The van der Waals surface area contributed by atoms with Crippen LogP contribution >= 0.6 is 0 Å². The molecule has 0 heterocycles. The van der Waals surface area contributed by atoms with Gasteiger partial charge in [-0.1, -0.05) is 233 Å². The monoisotopic (exact) mass is 779 g/mol. The Morgan fingerprint density at radius 2 is 0.636 bits per heavy atom. The molecule has 0 aromatic rings. The zero-order valence-electron chi connectivity index (χ0n) is 37.4. The number of ether oxygens (including phenoxy) is 3. The molecule has 0 saturated carbocycles. The van der Waals surface area contributed by atoms with Gasteiger partial charge in [0.15, 0.2) is 6.10 Å². The predicted molar refractivity (Wildman–Crippen MR) is 233 cm³/mol. The molecule has 0 aromatic heterocycles. The van der Waals surface area contributed by atoms with Crippen molar-refractivity contribution in [3.05, 3.63) is 0 Å². The molecule has 0 aliphatic heterocycles. The lowest BCUT2D eigenvalue weighted by Crippen LogP contribution is -2.30. The van der Waals surface area contributed by atoms with Gasteiger partial charge in [0.2, 0.25) is 0 Å². The Morgan fingerprint density at radius 1 is 0.364 bits per heavy atom. The summed E-state index contributed by atoms with van der Waals surface area (Å²) in [5.74, 6) is -0.0374. The van der Waals surface area contributed by atoms with Crippen molar-refractivity contribution >= 4 is 17.9 Å². The molecular weight excluding hydrogens is 685 g/mol. The maximum atomic E-state index is 12.7. The first-order valence-corrected chi connectivity index (χ1v) is 24.4. The Hall–Kier alpha value is -1.59. The average Bonchev–Trinajstić information content (AvgIpc) is 3.18. The van der Waals surface area contributed by atoms with Gasteiger partial charge >= 0.3 is 17.9 Å². The highest BCUT2D eigenvalue weighted by Crippen LogP contribution is 2.17. The van der Waals surface area contributed by atoms with Crippen LogP contribution in [0.25, 0.3) is 0 Å². The number of carbonyl (C=O) groups is 3. The molecule has 0 saturated heterocycles. The van der Waals surface area contributed by atoms with Crippen LogP contribution < -0.4 is 0 Å². The SMILES string of the molecule is CCCCCCCCCCCCCCCCCC(=O)OC[C@@H](COC(=O)CCCCCCCCC(C)CC)OC(=O)CCCCCCCCCCCCCC. The lowest BCUT2D eigenvalue weighted by atomic mass is 10.00. The van der Waals surface area contributed by atoms with Crippen molar-refractivity contribution in [1.29, 1.82) is 0 Å². The highest BCUT2D eigenvalue weighted by atomic mass is 16.6. The van der Waals surface area contributed by atoms with Crippen molar-refractivity contribution in [3.63, 3.8) is 0 Å². The van der Waals surface area contributed by atoms with Crippen molar-refractivity contribution in [2.24, 2.45) is 5.92 Å². The Balaban J connectivity index is 4.30. The van der Waals surface area contributed by atoms with E-state index in [2.05, 4.69) is 27.7 Å². The van der Waals surface area contributed by atoms with Crippen molar-refractivity contribution < 1.29 is 28.6 Å². The number of esters is 3. The average molecular weight is 779 g/mol. The molecule has 55 heavy (non-hydrogen) atoms. The third-order valence-corrected chi connectivity index (χ3v) is 11.4. The normalized spacial score (nSPS) is 12.4. The molecule has 0 fully saturated rings. The molecule has 1 unspecified atom stereocenters. The Bertz CT molecular complexity index is 828. The number of hydrogen-bond acceptors (Lipinski definition) is 6. The molecule has 0 spiro atoms. The summed E-state index contributed by atoms with van der Waals surface area (Å²) in [5.41, 5.74) is 0. The standard InChI is InChI=1S/C49H94O6/c1-5-8-10-12-14-16-18-20-21-22-24-25-27-32-36-40-47(50)53-43-46(44-54-48(51)41-37-33-30-29-31-35-39-45(4)7-3)55-49(52)42-38-34-28-26-23-19-17-15-13-11-9-6-2/h45-46H,5-44H2,1-4H3/t45?,46-/m0/s1. The summed E-state index contributed by atoms with van der Waals surface area (Å²) in [4.78, 5) is 37.8. The first-order chi connectivity index (χ1) is 26.9. The summed E-state index contributed by atoms with van der Waals surface area (Å²) in [6.07, 6.45) is 43.7. The highest BCUT2D eigenvalue weighted by Gasteiger charge is 2.19.